The van der Waals surface area contributed by atoms with Gasteiger partial charge in [0.25, 0.3) is 5.91 Å². The van der Waals surface area contributed by atoms with E-state index in [0.717, 1.165) is 6.29 Å². The van der Waals surface area contributed by atoms with Crippen LogP contribution in [-0.2, 0) is 4.79 Å². The number of imidazole rings is 1. The summed E-state index contributed by atoms with van der Waals surface area (Å²) < 4.78 is 1.74. The highest BCUT2D eigenvalue weighted by Crippen LogP contribution is 2.16. The molecule has 0 radical (unpaired) electrons. The molecule has 1 atom stereocenters. The van der Waals surface area contributed by atoms with Crippen molar-refractivity contribution in [3.05, 3.63) is 18.2 Å². The molecule has 68 valence electrons. The van der Waals surface area contributed by atoms with Crippen LogP contribution in [0.25, 0.3) is 0 Å². The highest BCUT2D eigenvalue weighted by molar-refractivity contribution is 5.93. The number of rotatable bonds is 2. The van der Waals surface area contributed by atoms with E-state index in [1.807, 2.05) is 0 Å². The van der Waals surface area contributed by atoms with E-state index in [4.69, 9.17) is 0 Å². The fraction of sp³-hybridized carbons (Fsp3) is 0.375. The van der Waals surface area contributed by atoms with Crippen LogP contribution in [0.5, 0.6) is 0 Å². The second-order valence-electron chi connectivity index (χ2n) is 2.95. The number of nitrogens with zero attached hydrogens (tertiary/aromatic N) is 2. The molecule has 0 bridgehead atoms. The van der Waals surface area contributed by atoms with Crippen LogP contribution in [0.15, 0.2) is 12.5 Å². The maximum Gasteiger partial charge on any atom is 0.269 e. The Morgan fingerprint density at radius 2 is 2.62 bits per heavy atom. The van der Waals surface area contributed by atoms with E-state index in [-0.39, 0.29) is 11.9 Å². The lowest BCUT2D eigenvalue weighted by Gasteiger charge is -2.23. The Balaban J connectivity index is 2.34. The molecular formula is C8H9N3O2. The Bertz CT molecular complexity index is 345. The standard InChI is InChI=1S/C8H9N3O2/c12-2-1-6-3-10-8(13)7-4-9-5-11(6)7/h2,4-6H,1,3H2,(H,10,13). The van der Waals surface area contributed by atoms with Crippen molar-refractivity contribution < 1.29 is 9.59 Å². The zero-order valence-corrected chi connectivity index (χ0v) is 6.93. The van der Waals surface area contributed by atoms with Crippen molar-refractivity contribution in [1.82, 2.24) is 14.9 Å². The molecule has 1 aliphatic rings. The summed E-state index contributed by atoms with van der Waals surface area (Å²) in [6, 6.07) is 0.0210. The Labute approximate surface area is 74.8 Å². The number of nitrogens with one attached hydrogen (secondary N) is 1. The van der Waals surface area contributed by atoms with Crippen molar-refractivity contribution in [2.24, 2.45) is 0 Å². The fourth-order valence-corrected chi connectivity index (χ4v) is 1.48. The van der Waals surface area contributed by atoms with Gasteiger partial charge in [0, 0.05) is 13.0 Å². The SMILES string of the molecule is O=CCC1CNC(=O)c2cncn21. The second kappa shape index (κ2) is 3.01. The summed E-state index contributed by atoms with van der Waals surface area (Å²) in [6.07, 6.45) is 4.35. The van der Waals surface area contributed by atoms with Crippen LogP contribution in [-0.4, -0.2) is 28.3 Å². The Morgan fingerprint density at radius 1 is 1.77 bits per heavy atom. The summed E-state index contributed by atoms with van der Waals surface area (Å²) in [5.41, 5.74) is 0.526. The van der Waals surface area contributed by atoms with Crippen LogP contribution in [0.3, 0.4) is 0 Å². The minimum absolute atomic E-state index is 0.0210. The number of hydrogen-bond acceptors (Lipinski definition) is 3. The summed E-state index contributed by atoms with van der Waals surface area (Å²) >= 11 is 0. The molecule has 1 unspecified atom stereocenters. The van der Waals surface area contributed by atoms with Gasteiger partial charge in [0.05, 0.1) is 18.6 Å². The molecule has 1 aromatic heterocycles. The first-order chi connectivity index (χ1) is 6.33. The molecule has 13 heavy (non-hydrogen) atoms. The summed E-state index contributed by atoms with van der Waals surface area (Å²) in [6.45, 7) is 0.501. The molecule has 5 nitrogen and oxygen atoms in total. The number of aromatic nitrogens is 2. The highest BCUT2D eigenvalue weighted by atomic mass is 16.2. The summed E-state index contributed by atoms with van der Waals surface area (Å²) in [5.74, 6) is -0.125. The van der Waals surface area contributed by atoms with Gasteiger partial charge in [-0.2, -0.15) is 0 Å². The number of carbonyl (C=O) groups excluding carboxylic acids is 2. The molecule has 1 N–H and O–H groups in total. The molecular weight excluding hydrogens is 170 g/mol. The van der Waals surface area contributed by atoms with Gasteiger partial charge < -0.3 is 14.7 Å². The first kappa shape index (κ1) is 7.97. The summed E-state index contributed by atoms with van der Waals surface area (Å²) in [5, 5.41) is 2.70. The first-order valence-corrected chi connectivity index (χ1v) is 4.06. The number of amides is 1. The van der Waals surface area contributed by atoms with Crippen molar-refractivity contribution >= 4 is 12.2 Å². The van der Waals surface area contributed by atoms with E-state index in [1.165, 1.54) is 6.20 Å². The zero-order chi connectivity index (χ0) is 9.26. The smallest absolute Gasteiger partial charge is 0.269 e. The van der Waals surface area contributed by atoms with E-state index >= 15 is 0 Å². The molecule has 2 rings (SSSR count). The van der Waals surface area contributed by atoms with Crippen LogP contribution >= 0.6 is 0 Å². The largest absolute Gasteiger partial charge is 0.349 e. The molecule has 0 aliphatic carbocycles. The Hall–Kier alpha value is -1.65. The normalized spacial score (nSPS) is 20.6. The predicted octanol–water partition coefficient (Wildman–Crippen LogP) is -0.243. The van der Waals surface area contributed by atoms with Gasteiger partial charge in [-0.15, -0.1) is 0 Å². The molecule has 2 heterocycles. The second-order valence-corrected chi connectivity index (χ2v) is 2.95. The summed E-state index contributed by atoms with van der Waals surface area (Å²) in [4.78, 5) is 25.4. The number of fused-ring (bicyclic) bond motifs is 1. The third kappa shape index (κ3) is 1.22. The Morgan fingerprint density at radius 3 is 3.38 bits per heavy atom. The van der Waals surface area contributed by atoms with Gasteiger partial charge in [-0.3, -0.25) is 4.79 Å². The maximum absolute atomic E-state index is 11.2. The number of hydrogen-bond donors (Lipinski definition) is 1. The lowest BCUT2D eigenvalue weighted by atomic mass is 10.1. The van der Waals surface area contributed by atoms with Crippen molar-refractivity contribution in [1.29, 1.82) is 0 Å². The van der Waals surface area contributed by atoms with E-state index < -0.39 is 0 Å². The van der Waals surface area contributed by atoms with Crippen LogP contribution in [0.1, 0.15) is 23.0 Å². The molecule has 0 saturated heterocycles. The number of aldehydes is 1. The molecule has 0 fully saturated rings. The maximum atomic E-state index is 11.2. The van der Waals surface area contributed by atoms with Gasteiger partial charge in [-0.1, -0.05) is 0 Å². The predicted molar refractivity (Wildman–Crippen MR) is 44.3 cm³/mol. The van der Waals surface area contributed by atoms with Crippen LogP contribution < -0.4 is 5.32 Å². The molecule has 1 aliphatic heterocycles. The van der Waals surface area contributed by atoms with Gasteiger partial charge in [-0.05, 0) is 0 Å². The van der Waals surface area contributed by atoms with Gasteiger partial charge in [0.1, 0.15) is 12.0 Å². The van der Waals surface area contributed by atoms with E-state index in [9.17, 15) is 9.59 Å². The minimum Gasteiger partial charge on any atom is -0.349 e. The van der Waals surface area contributed by atoms with Crippen molar-refractivity contribution in [2.45, 2.75) is 12.5 Å². The minimum atomic E-state index is -0.125. The highest BCUT2D eigenvalue weighted by Gasteiger charge is 2.23. The lowest BCUT2D eigenvalue weighted by Crippen LogP contribution is -2.38. The van der Waals surface area contributed by atoms with Crippen molar-refractivity contribution in [2.75, 3.05) is 6.54 Å². The van der Waals surface area contributed by atoms with Crippen LogP contribution in [0.4, 0.5) is 0 Å². The lowest BCUT2D eigenvalue weighted by molar-refractivity contribution is -0.108. The zero-order valence-electron chi connectivity index (χ0n) is 6.93. The Kier molecular flexibility index (Phi) is 1.84. The average Bonchev–Trinajstić information content (AvgIpc) is 2.59. The monoisotopic (exact) mass is 179 g/mol. The van der Waals surface area contributed by atoms with Crippen LogP contribution in [0.2, 0.25) is 0 Å². The molecule has 1 amide bonds. The van der Waals surface area contributed by atoms with Crippen molar-refractivity contribution in [3.8, 4) is 0 Å². The van der Waals surface area contributed by atoms with Gasteiger partial charge in [0.15, 0.2) is 0 Å². The molecule has 0 spiro atoms. The van der Waals surface area contributed by atoms with Gasteiger partial charge >= 0.3 is 0 Å². The van der Waals surface area contributed by atoms with Gasteiger partial charge in [0.2, 0.25) is 0 Å². The van der Waals surface area contributed by atoms with E-state index in [1.54, 1.807) is 10.9 Å². The fourth-order valence-electron chi connectivity index (χ4n) is 1.48. The van der Waals surface area contributed by atoms with Gasteiger partial charge in [-0.25, -0.2) is 4.98 Å². The molecule has 1 aromatic rings. The van der Waals surface area contributed by atoms with E-state index in [2.05, 4.69) is 10.3 Å². The van der Waals surface area contributed by atoms with E-state index in [0.29, 0.717) is 18.7 Å². The average molecular weight is 179 g/mol. The molecule has 0 aromatic carbocycles. The topological polar surface area (TPSA) is 64.0 Å². The van der Waals surface area contributed by atoms with Crippen molar-refractivity contribution in [3.63, 3.8) is 0 Å². The third-order valence-electron chi connectivity index (χ3n) is 2.16. The molecule has 0 saturated carbocycles. The quantitative estimate of drug-likeness (QED) is 0.637. The molecule has 5 heteroatoms. The number of carbonyl (C=O) groups is 2. The third-order valence-corrected chi connectivity index (χ3v) is 2.16. The first-order valence-electron chi connectivity index (χ1n) is 4.06. The summed E-state index contributed by atoms with van der Waals surface area (Å²) in [7, 11) is 0. The van der Waals surface area contributed by atoms with Crippen LogP contribution in [0, 0.1) is 0 Å².